The van der Waals surface area contributed by atoms with Gasteiger partial charge in [-0.25, -0.2) is 9.69 Å². The molecular formula is C20H21N3O4. The Kier molecular flexibility index (Phi) is 4.94. The number of aromatic nitrogens is 1. The van der Waals surface area contributed by atoms with E-state index >= 15 is 0 Å². The highest BCUT2D eigenvalue weighted by molar-refractivity contribution is 6.45. The summed E-state index contributed by atoms with van der Waals surface area (Å²) >= 11 is 0. The molecule has 1 aromatic carbocycles. The van der Waals surface area contributed by atoms with Crippen molar-refractivity contribution < 1.29 is 19.2 Å². The predicted octanol–water partition coefficient (Wildman–Crippen LogP) is 1.95. The van der Waals surface area contributed by atoms with E-state index in [0.717, 1.165) is 29.3 Å². The molecule has 3 rings (SSSR count). The number of hydrogen-bond donors (Lipinski definition) is 0. The van der Waals surface area contributed by atoms with Gasteiger partial charge in [-0.2, -0.15) is 0 Å². The molecule has 0 saturated carbocycles. The van der Waals surface area contributed by atoms with Crippen molar-refractivity contribution in [1.29, 1.82) is 0 Å². The molecule has 4 amide bonds. The van der Waals surface area contributed by atoms with Crippen LogP contribution in [0.2, 0.25) is 0 Å². The normalized spacial score (nSPS) is 14.4. The van der Waals surface area contributed by atoms with E-state index in [0.29, 0.717) is 10.5 Å². The summed E-state index contributed by atoms with van der Waals surface area (Å²) in [5.41, 5.74) is 3.38. The van der Waals surface area contributed by atoms with E-state index in [1.165, 1.54) is 12.6 Å². The third-order valence-electron chi connectivity index (χ3n) is 4.89. The highest BCUT2D eigenvalue weighted by Crippen LogP contribution is 2.19. The van der Waals surface area contributed by atoms with Gasteiger partial charge < -0.3 is 4.57 Å². The third-order valence-corrected chi connectivity index (χ3v) is 4.89. The number of nitrogens with zero attached hydrogens (tertiary/aromatic N) is 3. The Morgan fingerprint density at radius 2 is 1.67 bits per heavy atom. The Bertz CT molecular complexity index is 930. The second kappa shape index (κ2) is 7.19. The third kappa shape index (κ3) is 3.40. The molecule has 0 N–H and O–H groups in total. The molecule has 1 fully saturated rings. The van der Waals surface area contributed by atoms with Gasteiger partial charge in [0.15, 0.2) is 5.78 Å². The van der Waals surface area contributed by atoms with Crippen LogP contribution in [0.25, 0.3) is 0 Å². The van der Waals surface area contributed by atoms with E-state index in [1.807, 2.05) is 36.6 Å². The summed E-state index contributed by atoms with van der Waals surface area (Å²) in [4.78, 5) is 49.5. The van der Waals surface area contributed by atoms with Crippen LogP contribution in [0.5, 0.6) is 0 Å². The Morgan fingerprint density at radius 1 is 1.00 bits per heavy atom. The smallest absolute Gasteiger partial charge is 0.334 e. The van der Waals surface area contributed by atoms with E-state index in [1.54, 1.807) is 6.07 Å². The average Bonchev–Trinajstić information content (AvgIpc) is 3.04. The summed E-state index contributed by atoms with van der Waals surface area (Å²) < 4.78 is 2.05. The fourth-order valence-electron chi connectivity index (χ4n) is 3.30. The molecule has 0 radical (unpaired) electrons. The molecule has 1 aromatic heterocycles. The maximum absolute atomic E-state index is 12.7. The Balaban J connectivity index is 1.75. The van der Waals surface area contributed by atoms with Crippen LogP contribution in [0.4, 0.5) is 4.79 Å². The van der Waals surface area contributed by atoms with Crippen molar-refractivity contribution in [2.75, 3.05) is 13.6 Å². The van der Waals surface area contributed by atoms with Crippen LogP contribution in [-0.4, -0.2) is 51.6 Å². The Hall–Kier alpha value is -3.22. The molecule has 7 heteroatoms. The van der Waals surface area contributed by atoms with Gasteiger partial charge in [-0.15, -0.1) is 0 Å². The predicted molar refractivity (Wildman–Crippen MR) is 98.3 cm³/mol. The van der Waals surface area contributed by atoms with E-state index in [-0.39, 0.29) is 5.78 Å². The number of hydrogen-bond acceptors (Lipinski definition) is 4. The number of Topliss-reactive ketones (excluding diaryl/α,β-unsaturated/α-hetero) is 1. The van der Waals surface area contributed by atoms with Crippen molar-refractivity contribution >= 4 is 23.6 Å². The van der Waals surface area contributed by atoms with E-state index < -0.39 is 24.4 Å². The SMILES string of the molecule is Cc1cc(C(=O)CN2C(=O)C(=O)N(C)C2=O)c(C)n1CCc1ccccc1. The summed E-state index contributed by atoms with van der Waals surface area (Å²) in [6, 6.07) is 11.0. The number of likely N-dealkylation sites (N-methyl/N-ethyl adjacent to an activating group) is 1. The van der Waals surface area contributed by atoms with Crippen molar-refractivity contribution in [1.82, 2.24) is 14.4 Å². The van der Waals surface area contributed by atoms with Gasteiger partial charge in [-0.3, -0.25) is 19.3 Å². The molecule has 2 heterocycles. The number of carbonyl (C=O) groups is 4. The van der Waals surface area contributed by atoms with Gasteiger partial charge in [-0.1, -0.05) is 30.3 Å². The molecule has 0 spiro atoms. The Morgan fingerprint density at radius 3 is 2.26 bits per heavy atom. The minimum atomic E-state index is -0.964. The zero-order chi connectivity index (χ0) is 19.7. The van der Waals surface area contributed by atoms with Crippen LogP contribution < -0.4 is 0 Å². The fraction of sp³-hybridized carbons (Fsp3) is 0.300. The van der Waals surface area contributed by atoms with Gasteiger partial charge in [0.2, 0.25) is 0 Å². The molecule has 7 nitrogen and oxygen atoms in total. The maximum atomic E-state index is 12.7. The second-order valence-corrected chi connectivity index (χ2v) is 6.63. The number of aryl methyl sites for hydroxylation is 2. The van der Waals surface area contributed by atoms with Crippen molar-refractivity contribution in [3.8, 4) is 0 Å². The van der Waals surface area contributed by atoms with Crippen LogP contribution in [0.3, 0.4) is 0 Å². The molecule has 0 bridgehead atoms. The molecule has 27 heavy (non-hydrogen) atoms. The van der Waals surface area contributed by atoms with Gasteiger partial charge in [0.25, 0.3) is 0 Å². The Labute approximate surface area is 157 Å². The summed E-state index contributed by atoms with van der Waals surface area (Å²) in [5, 5.41) is 0. The number of rotatable bonds is 6. The molecule has 0 unspecified atom stereocenters. The maximum Gasteiger partial charge on any atom is 0.334 e. The number of benzene rings is 1. The number of amides is 4. The lowest BCUT2D eigenvalue weighted by Crippen LogP contribution is -2.36. The second-order valence-electron chi connectivity index (χ2n) is 6.63. The molecule has 1 saturated heterocycles. The fourth-order valence-corrected chi connectivity index (χ4v) is 3.30. The lowest BCUT2D eigenvalue weighted by Gasteiger charge is -2.12. The van der Waals surface area contributed by atoms with Crippen LogP contribution in [-0.2, 0) is 22.6 Å². The van der Waals surface area contributed by atoms with Gasteiger partial charge in [0.1, 0.15) is 0 Å². The molecule has 0 aliphatic carbocycles. The van der Waals surface area contributed by atoms with Crippen LogP contribution in [0.15, 0.2) is 36.4 Å². The molecule has 0 atom stereocenters. The molecule has 2 aromatic rings. The highest BCUT2D eigenvalue weighted by Gasteiger charge is 2.43. The zero-order valence-corrected chi connectivity index (χ0v) is 15.6. The topological polar surface area (TPSA) is 79.7 Å². The minimum absolute atomic E-state index is 0.362. The van der Waals surface area contributed by atoms with Gasteiger partial charge in [0.05, 0.1) is 6.54 Å². The summed E-state index contributed by atoms with van der Waals surface area (Å²) in [7, 11) is 1.22. The summed E-state index contributed by atoms with van der Waals surface area (Å²) in [6.45, 7) is 4.04. The van der Waals surface area contributed by atoms with Crippen molar-refractivity contribution in [3.05, 3.63) is 58.9 Å². The largest absolute Gasteiger partial charge is 0.348 e. The zero-order valence-electron chi connectivity index (χ0n) is 15.6. The van der Waals surface area contributed by atoms with Crippen molar-refractivity contribution in [3.63, 3.8) is 0 Å². The van der Waals surface area contributed by atoms with Crippen LogP contribution >= 0.6 is 0 Å². The summed E-state index contributed by atoms with van der Waals surface area (Å²) in [5.74, 6) is -2.24. The average molecular weight is 367 g/mol. The first-order valence-electron chi connectivity index (χ1n) is 8.68. The monoisotopic (exact) mass is 367 g/mol. The summed E-state index contributed by atoms with van der Waals surface area (Å²) in [6.07, 6.45) is 0.827. The standard InChI is InChI=1S/C20H21N3O4/c1-13-11-16(14(2)22(13)10-9-15-7-5-4-6-8-15)17(24)12-23-19(26)18(25)21(3)20(23)27/h4-8,11H,9-10,12H2,1-3H3. The van der Waals surface area contributed by atoms with Crippen molar-refractivity contribution in [2.45, 2.75) is 26.8 Å². The number of ketones is 1. The molecule has 1 aliphatic rings. The van der Waals surface area contributed by atoms with Gasteiger partial charge in [0, 0.05) is 30.5 Å². The number of urea groups is 1. The van der Waals surface area contributed by atoms with Crippen molar-refractivity contribution in [2.24, 2.45) is 0 Å². The number of carbonyl (C=O) groups excluding carboxylic acids is 4. The van der Waals surface area contributed by atoms with Gasteiger partial charge in [-0.05, 0) is 31.9 Å². The first-order valence-corrected chi connectivity index (χ1v) is 8.68. The van der Waals surface area contributed by atoms with E-state index in [9.17, 15) is 19.2 Å². The quantitative estimate of drug-likeness (QED) is 0.444. The van der Waals surface area contributed by atoms with Gasteiger partial charge >= 0.3 is 17.8 Å². The first-order chi connectivity index (χ1) is 12.8. The van der Waals surface area contributed by atoms with E-state index in [2.05, 4.69) is 12.1 Å². The van der Waals surface area contributed by atoms with Crippen LogP contribution in [0, 0.1) is 13.8 Å². The molecular weight excluding hydrogens is 346 g/mol. The lowest BCUT2D eigenvalue weighted by atomic mass is 10.1. The first kappa shape index (κ1) is 18.6. The lowest BCUT2D eigenvalue weighted by molar-refractivity contribution is -0.142. The van der Waals surface area contributed by atoms with E-state index in [4.69, 9.17) is 0 Å². The molecule has 1 aliphatic heterocycles. The highest BCUT2D eigenvalue weighted by atomic mass is 16.2. The number of imide groups is 2. The minimum Gasteiger partial charge on any atom is -0.348 e. The van der Waals surface area contributed by atoms with Crippen LogP contribution in [0.1, 0.15) is 27.3 Å². The molecule has 140 valence electrons.